The minimum Gasteiger partial charge on any atom is -0.444 e. The Kier molecular flexibility index (Phi) is 9.45. The molecular weight excluding hydrogens is 578 g/mol. The molecule has 0 spiro atoms. The predicted molar refractivity (Wildman–Crippen MR) is 170 cm³/mol. The Morgan fingerprint density at radius 1 is 0.955 bits per heavy atom. The molecule has 2 saturated heterocycles. The van der Waals surface area contributed by atoms with Crippen LogP contribution in [0.2, 0.25) is 0 Å². The Labute approximate surface area is 260 Å². The molecule has 0 saturated carbocycles. The van der Waals surface area contributed by atoms with Crippen molar-refractivity contribution in [3.63, 3.8) is 0 Å². The molecule has 3 aromatic rings. The number of hydrogen-bond acceptors (Lipinski definition) is 6. The summed E-state index contributed by atoms with van der Waals surface area (Å²) in [4.78, 5) is 35.7. The minimum absolute atomic E-state index is 0.0526. The molecule has 0 bridgehead atoms. The van der Waals surface area contributed by atoms with Gasteiger partial charge in [0.25, 0.3) is 5.91 Å². The average molecular weight is 622 g/mol. The first-order valence-electron chi connectivity index (χ1n) is 15.4. The van der Waals surface area contributed by atoms with Crippen LogP contribution in [0.5, 0.6) is 0 Å². The molecule has 236 valence electrons. The lowest BCUT2D eigenvalue weighted by Crippen LogP contribution is -2.58. The van der Waals surface area contributed by atoms with E-state index in [4.69, 9.17) is 9.72 Å². The fourth-order valence-corrected chi connectivity index (χ4v) is 7.24. The fraction of sp³-hybridized carbons (Fsp3) is 0.485. The Morgan fingerprint density at radius 3 is 2.30 bits per heavy atom. The van der Waals surface area contributed by atoms with E-state index in [9.17, 15) is 18.0 Å². The second-order valence-electron chi connectivity index (χ2n) is 12.5. The number of rotatable bonds is 7. The van der Waals surface area contributed by atoms with Crippen LogP contribution in [0.4, 0.5) is 4.79 Å². The van der Waals surface area contributed by atoms with Crippen LogP contribution in [-0.4, -0.2) is 94.2 Å². The van der Waals surface area contributed by atoms with E-state index in [2.05, 4.69) is 0 Å². The van der Waals surface area contributed by atoms with Crippen LogP contribution in [0.15, 0.2) is 67.0 Å². The van der Waals surface area contributed by atoms with Gasteiger partial charge in [0.2, 0.25) is 10.0 Å². The summed E-state index contributed by atoms with van der Waals surface area (Å²) in [5, 5.41) is 0. The van der Waals surface area contributed by atoms with Gasteiger partial charge in [0.1, 0.15) is 5.60 Å². The van der Waals surface area contributed by atoms with Crippen LogP contribution in [0.3, 0.4) is 0 Å². The van der Waals surface area contributed by atoms with Gasteiger partial charge in [-0.05, 0) is 52.5 Å². The maximum Gasteiger partial charge on any atom is 0.410 e. The molecule has 2 aliphatic rings. The third-order valence-electron chi connectivity index (χ3n) is 8.26. The lowest BCUT2D eigenvalue weighted by molar-refractivity contribution is 0.00429. The summed E-state index contributed by atoms with van der Waals surface area (Å²) >= 11 is 0. The van der Waals surface area contributed by atoms with Crippen LogP contribution in [0, 0.1) is 0 Å². The Bertz CT molecular complexity index is 1550. The lowest BCUT2D eigenvalue weighted by atomic mass is 10.0. The van der Waals surface area contributed by atoms with Crippen LogP contribution < -0.4 is 0 Å². The molecule has 1 unspecified atom stereocenters. The number of carbonyl (C=O) groups excluding carboxylic acids is 2. The highest BCUT2D eigenvalue weighted by Gasteiger charge is 2.38. The molecule has 3 heterocycles. The third-order valence-corrected chi connectivity index (χ3v) is 10.1. The zero-order valence-corrected chi connectivity index (χ0v) is 26.9. The zero-order chi connectivity index (χ0) is 31.5. The van der Waals surface area contributed by atoms with Gasteiger partial charge >= 0.3 is 6.09 Å². The number of imidazole rings is 1. The maximum absolute atomic E-state index is 14.5. The number of piperazine rings is 1. The molecule has 2 aromatic carbocycles. The summed E-state index contributed by atoms with van der Waals surface area (Å²) in [6, 6.07) is 19.2. The third kappa shape index (κ3) is 7.15. The number of hydrogen-bond donors (Lipinski definition) is 0. The first-order chi connectivity index (χ1) is 21.0. The number of amides is 2. The van der Waals surface area contributed by atoms with Crippen molar-refractivity contribution in [3.8, 4) is 11.3 Å². The van der Waals surface area contributed by atoms with E-state index in [0.717, 1.165) is 24.0 Å². The molecule has 5 rings (SSSR count). The van der Waals surface area contributed by atoms with E-state index < -0.39 is 15.6 Å². The first-order valence-corrected chi connectivity index (χ1v) is 17.0. The Hall–Kier alpha value is -3.70. The average Bonchev–Trinajstić information content (AvgIpc) is 3.46. The summed E-state index contributed by atoms with van der Waals surface area (Å²) in [5.74, 6) is -0.155. The number of aromatic nitrogens is 2. The van der Waals surface area contributed by atoms with Crippen LogP contribution in [-0.2, 0) is 21.2 Å². The van der Waals surface area contributed by atoms with Crippen LogP contribution in [0.25, 0.3) is 11.3 Å². The van der Waals surface area contributed by atoms with Crippen molar-refractivity contribution in [2.75, 3.05) is 38.5 Å². The number of carbonyl (C=O) groups is 2. The van der Waals surface area contributed by atoms with Gasteiger partial charge in [-0.1, -0.05) is 60.7 Å². The van der Waals surface area contributed by atoms with Gasteiger partial charge < -0.3 is 19.1 Å². The number of ether oxygens (including phenoxy) is 1. The van der Waals surface area contributed by atoms with E-state index >= 15 is 0 Å². The second kappa shape index (κ2) is 13.1. The smallest absolute Gasteiger partial charge is 0.410 e. The molecule has 2 fully saturated rings. The van der Waals surface area contributed by atoms with Gasteiger partial charge in [0.05, 0.1) is 23.8 Å². The zero-order valence-electron chi connectivity index (χ0n) is 26.1. The molecule has 1 aromatic heterocycles. The summed E-state index contributed by atoms with van der Waals surface area (Å²) in [6.45, 7) is 9.05. The van der Waals surface area contributed by atoms with Crippen LogP contribution in [0.1, 0.15) is 62.6 Å². The highest BCUT2D eigenvalue weighted by atomic mass is 32.2. The van der Waals surface area contributed by atoms with Crippen molar-refractivity contribution in [3.05, 3.63) is 78.2 Å². The van der Waals surface area contributed by atoms with Crippen molar-refractivity contribution in [2.45, 2.75) is 64.6 Å². The van der Waals surface area contributed by atoms with Gasteiger partial charge in [-0.25, -0.2) is 18.2 Å². The molecule has 11 heteroatoms. The van der Waals surface area contributed by atoms with Crippen molar-refractivity contribution < 1.29 is 22.7 Å². The van der Waals surface area contributed by atoms with Crippen molar-refractivity contribution in [1.29, 1.82) is 0 Å². The highest BCUT2D eigenvalue weighted by molar-refractivity contribution is 7.89. The van der Waals surface area contributed by atoms with Gasteiger partial charge in [-0.2, -0.15) is 4.31 Å². The summed E-state index contributed by atoms with van der Waals surface area (Å²) < 4.78 is 34.7. The monoisotopic (exact) mass is 621 g/mol. The molecule has 44 heavy (non-hydrogen) atoms. The Morgan fingerprint density at radius 2 is 1.64 bits per heavy atom. The molecule has 2 amide bonds. The summed E-state index contributed by atoms with van der Waals surface area (Å²) in [7, 11) is -3.35. The molecule has 0 aliphatic carbocycles. The van der Waals surface area contributed by atoms with Gasteiger partial charge in [-0.15, -0.1) is 0 Å². The molecule has 2 aliphatic heterocycles. The van der Waals surface area contributed by atoms with E-state index in [0.29, 0.717) is 50.5 Å². The number of nitrogens with zero attached hydrogens (tertiary/aromatic N) is 5. The molecule has 10 nitrogen and oxygen atoms in total. The SMILES string of the molecule is CCS(=O)(=O)N1CCCC(n2cnc(C(=O)N3CCN(C(=O)OC(C)(C)C)C[C@H]3Cc3ccccc3)c2-c2ccccc2)C1. The van der Waals surface area contributed by atoms with E-state index in [1.54, 1.807) is 22.5 Å². The molecule has 0 radical (unpaired) electrons. The standard InChI is InChI=1S/C33H43N5O5S/c1-5-44(41,42)36-18-12-17-27(23-36)38-24-34-29(30(38)26-15-10-7-11-16-26)31(39)37-20-19-35(32(40)43-33(2,3)4)22-28(37)21-25-13-8-6-9-14-25/h6-11,13-16,24,27-28H,5,12,17-23H2,1-4H3/t27?,28-/m1/s1. The van der Waals surface area contributed by atoms with Gasteiger partial charge in [0, 0.05) is 44.3 Å². The van der Waals surface area contributed by atoms with E-state index in [1.807, 2.05) is 90.9 Å². The van der Waals surface area contributed by atoms with Crippen molar-refractivity contribution in [1.82, 2.24) is 23.7 Å². The Balaban J connectivity index is 1.49. The number of benzene rings is 2. The summed E-state index contributed by atoms with van der Waals surface area (Å²) in [6.07, 6.45) is 3.38. The van der Waals surface area contributed by atoms with Gasteiger partial charge in [-0.3, -0.25) is 4.79 Å². The van der Waals surface area contributed by atoms with E-state index in [1.165, 1.54) is 0 Å². The molecular formula is C33H43N5O5S. The minimum atomic E-state index is -3.35. The lowest BCUT2D eigenvalue weighted by Gasteiger charge is -2.41. The van der Waals surface area contributed by atoms with Crippen molar-refractivity contribution in [2.24, 2.45) is 0 Å². The molecule has 0 N–H and O–H groups in total. The van der Waals surface area contributed by atoms with Gasteiger partial charge in [0.15, 0.2) is 5.69 Å². The van der Waals surface area contributed by atoms with E-state index in [-0.39, 0.29) is 29.8 Å². The fourth-order valence-electron chi connectivity index (χ4n) is 6.07. The van der Waals surface area contributed by atoms with Crippen LogP contribution >= 0.6 is 0 Å². The maximum atomic E-state index is 14.5. The summed E-state index contributed by atoms with van der Waals surface area (Å²) in [5.41, 5.74) is 2.30. The first kappa shape index (κ1) is 31.7. The normalized spacial score (nSPS) is 20.0. The number of sulfonamides is 1. The van der Waals surface area contributed by atoms with Crippen molar-refractivity contribution >= 4 is 22.0 Å². The largest absolute Gasteiger partial charge is 0.444 e. The topological polar surface area (TPSA) is 105 Å². The second-order valence-corrected chi connectivity index (χ2v) is 14.8. The quantitative estimate of drug-likeness (QED) is 0.374. The molecule has 2 atom stereocenters. The predicted octanol–water partition coefficient (Wildman–Crippen LogP) is 4.84. The highest BCUT2D eigenvalue weighted by Crippen LogP contribution is 2.33. The number of piperidine rings is 1.